The summed E-state index contributed by atoms with van der Waals surface area (Å²) in [7, 11) is 0. The van der Waals surface area contributed by atoms with Crippen LogP contribution in [0.1, 0.15) is 44.6 Å². The lowest BCUT2D eigenvalue weighted by Gasteiger charge is -2.20. The number of aliphatic imine (C=N–C) groups is 1. The van der Waals surface area contributed by atoms with Crippen molar-refractivity contribution in [3.8, 4) is 5.75 Å². The van der Waals surface area contributed by atoms with E-state index < -0.39 is 0 Å². The van der Waals surface area contributed by atoms with E-state index in [4.69, 9.17) is 4.74 Å². The number of nitrogens with one attached hydrogen (secondary N) is 1. The van der Waals surface area contributed by atoms with Crippen LogP contribution in [0.3, 0.4) is 0 Å². The van der Waals surface area contributed by atoms with Gasteiger partial charge >= 0.3 is 0 Å². The molecule has 0 bridgehead atoms. The van der Waals surface area contributed by atoms with Gasteiger partial charge in [0.2, 0.25) is 0 Å². The van der Waals surface area contributed by atoms with E-state index in [0.717, 1.165) is 30.0 Å². The minimum atomic E-state index is -0.0950. The van der Waals surface area contributed by atoms with E-state index in [1.807, 2.05) is 37.3 Å². The summed E-state index contributed by atoms with van der Waals surface area (Å²) in [5, 5.41) is 2.95. The first kappa shape index (κ1) is 14.8. The second-order valence-electron chi connectivity index (χ2n) is 5.82. The van der Waals surface area contributed by atoms with Gasteiger partial charge < -0.3 is 10.1 Å². The van der Waals surface area contributed by atoms with Crippen molar-refractivity contribution in [2.75, 3.05) is 6.61 Å². The lowest BCUT2D eigenvalue weighted by Crippen LogP contribution is -2.31. The van der Waals surface area contributed by atoms with Crippen molar-refractivity contribution in [1.29, 1.82) is 0 Å². The van der Waals surface area contributed by atoms with Crippen molar-refractivity contribution in [1.82, 2.24) is 5.32 Å². The van der Waals surface area contributed by atoms with Gasteiger partial charge in [0.1, 0.15) is 17.3 Å². The Morgan fingerprint density at radius 1 is 1.32 bits per heavy atom. The molecule has 1 aliphatic carbocycles. The molecule has 0 aromatic heterocycles. The molecule has 0 atom stereocenters. The average Bonchev–Trinajstić information content (AvgIpc) is 2.90. The van der Waals surface area contributed by atoms with E-state index in [0.29, 0.717) is 18.2 Å². The van der Waals surface area contributed by atoms with Crippen LogP contribution in [-0.4, -0.2) is 18.3 Å². The Labute approximate surface area is 131 Å². The summed E-state index contributed by atoms with van der Waals surface area (Å²) >= 11 is 0. The van der Waals surface area contributed by atoms with Gasteiger partial charge in [-0.15, -0.1) is 0 Å². The van der Waals surface area contributed by atoms with Crippen LogP contribution >= 0.6 is 0 Å². The first-order valence-corrected chi connectivity index (χ1v) is 8.11. The number of carbonyl (C=O) groups excluding carboxylic acids is 1. The van der Waals surface area contributed by atoms with Gasteiger partial charge in [0, 0.05) is 5.92 Å². The molecule has 1 aromatic carbocycles. The third kappa shape index (κ3) is 3.38. The summed E-state index contributed by atoms with van der Waals surface area (Å²) in [6.07, 6.45) is 7.85. The van der Waals surface area contributed by atoms with Crippen molar-refractivity contribution in [3.63, 3.8) is 0 Å². The Morgan fingerprint density at radius 2 is 2.14 bits per heavy atom. The van der Waals surface area contributed by atoms with Crippen LogP contribution in [0, 0.1) is 5.92 Å². The molecule has 1 amide bonds. The topological polar surface area (TPSA) is 50.7 Å². The molecule has 1 saturated carbocycles. The molecular weight excluding hydrogens is 276 g/mol. The van der Waals surface area contributed by atoms with Gasteiger partial charge in [-0.3, -0.25) is 4.79 Å². The molecule has 2 aliphatic rings. The van der Waals surface area contributed by atoms with Gasteiger partial charge in [-0.25, -0.2) is 4.99 Å². The molecule has 3 rings (SSSR count). The van der Waals surface area contributed by atoms with Crippen molar-refractivity contribution < 1.29 is 9.53 Å². The summed E-state index contributed by atoms with van der Waals surface area (Å²) in [5.41, 5.74) is 1.43. The van der Waals surface area contributed by atoms with E-state index in [1.165, 1.54) is 19.3 Å². The molecule has 1 fully saturated rings. The molecule has 1 aromatic rings. The SMILES string of the molecule is CCOc1cccc(/C=C2/N=C(C3CCCCC3)NC2=O)c1. The van der Waals surface area contributed by atoms with Crippen LogP contribution in [0.15, 0.2) is 35.0 Å². The number of carbonyl (C=O) groups is 1. The lowest BCUT2D eigenvalue weighted by atomic mass is 9.88. The first-order chi connectivity index (χ1) is 10.8. The zero-order chi connectivity index (χ0) is 15.4. The molecule has 0 radical (unpaired) electrons. The van der Waals surface area contributed by atoms with Crippen molar-refractivity contribution in [2.24, 2.45) is 10.9 Å². The van der Waals surface area contributed by atoms with Crippen molar-refractivity contribution in [2.45, 2.75) is 39.0 Å². The summed E-state index contributed by atoms with van der Waals surface area (Å²) in [6.45, 7) is 2.58. The molecule has 1 N–H and O–H groups in total. The van der Waals surface area contributed by atoms with E-state index in [2.05, 4.69) is 10.3 Å². The number of benzene rings is 1. The second kappa shape index (κ2) is 6.77. The van der Waals surface area contributed by atoms with Gasteiger partial charge in [-0.2, -0.15) is 0 Å². The molecule has 1 heterocycles. The molecular formula is C18H22N2O2. The molecule has 4 heteroatoms. The van der Waals surface area contributed by atoms with Gasteiger partial charge in [0.25, 0.3) is 5.91 Å². The highest BCUT2D eigenvalue weighted by Crippen LogP contribution is 2.27. The fourth-order valence-electron chi connectivity index (χ4n) is 3.07. The number of hydrogen-bond donors (Lipinski definition) is 1. The Hall–Kier alpha value is -2.10. The molecule has 4 nitrogen and oxygen atoms in total. The highest BCUT2D eigenvalue weighted by atomic mass is 16.5. The maximum absolute atomic E-state index is 12.1. The fourth-order valence-corrected chi connectivity index (χ4v) is 3.07. The van der Waals surface area contributed by atoms with Crippen molar-refractivity contribution in [3.05, 3.63) is 35.5 Å². The predicted molar refractivity (Wildman–Crippen MR) is 87.7 cm³/mol. The maximum Gasteiger partial charge on any atom is 0.275 e. The zero-order valence-electron chi connectivity index (χ0n) is 13.0. The van der Waals surface area contributed by atoms with E-state index in [9.17, 15) is 4.79 Å². The fraction of sp³-hybridized carbons (Fsp3) is 0.444. The highest BCUT2D eigenvalue weighted by molar-refractivity contribution is 6.15. The highest BCUT2D eigenvalue weighted by Gasteiger charge is 2.27. The summed E-state index contributed by atoms with van der Waals surface area (Å²) in [4.78, 5) is 16.7. The average molecular weight is 298 g/mol. The second-order valence-corrected chi connectivity index (χ2v) is 5.82. The first-order valence-electron chi connectivity index (χ1n) is 8.11. The third-order valence-corrected chi connectivity index (χ3v) is 4.18. The van der Waals surface area contributed by atoms with Crippen LogP contribution in [-0.2, 0) is 4.79 Å². The van der Waals surface area contributed by atoms with Crippen LogP contribution in [0.4, 0.5) is 0 Å². The minimum Gasteiger partial charge on any atom is -0.494 e. The monoisotopic (exact) mass is 298 g/mol. The number of amides is 1. The largest absolute Gasteiger partial charge is 0.494 e. The molecule has 0 spiro atoms. The molecule has 22 heavy (non-hydrogen) atoms. The lowest BCUT2D eigenvalue weighted by molar-refractivity contribution is -0.115. The Bertz CT molecular complexity index is 613. The summed E-state index contributed by atoms with van der Waals surface area (Å²) in [5.74, 6) is 1.99. The van der Waals surface area contributed by atoms with Gasteiger partial charge in [-0.05, 0) is 43.5 Å². The van der Waals surface area contributed by atoms with E-state index in [1.54, 1.807) is 0 Å². The Balaban J connectivity index is 1.79. The van der Waals surface area contributed by atoms with E-state index >= 15 is 0 Å². The number of rotatable bonds is 4. The van der Waals surface area contributed by atoms with Gasteiger partial charge in [-0.1, -0.05) is 31.4 Å². The Morgan fingerprint density at radius 3 is 2.91 bits per heavy atom. The molecule has 1 aliphatic heterocycles. The van der Waals surface area contributed by atoms with Gasteiger partial charge in [0.15, 0.2) is 0 Å². The molecule has 0 unspecified atom stereocenters. The van der Waals surface area contributed by atoms with Crippen LogP contribution in [0.2, 0.25) is 0 Å². The molecule has 116 valence electrons. The van der Waals surface area contributed by atoms with Crippen LogP contribution < -0.4 is 10.1 Å². The van der Waals surface area contributed by atoms with Crippen LogP contribution in [0.25, 0.3) is 6.08 Å². The van der Waals surface area contributed by atoms with Gasteiger partial charge in [0.05, 0.1) is 6.61 Å². The number of ether oxygens (including phenoxy) is 1. The standard InChI is InChI=1S/C18H22N2O2/c1-2-22-15-10-6-7-13(11-15)12-16-18(21)20-17(19-16)14-8-4-3-5-9-14/h6-7,10-12,14H,2-5,8-9H2,1H3,(H,19,20,21)/b16-12+. The van der Waals surface area contributed by atoms with E-state index in [-0.39, 0.29) is 5.91 Å². The third-order valence-electron chi connectivity index (χ3n) is 4.18. The van der Waals surface area contributed by atoms with Crippen molar-refractivity contribution >= 4 is 17.8 Å². The predicted octanol–water partition coefficient (Wildman–Crippen LogP) is 3.53. The Kier molecular flexibility index (Phi) is 4.56. The maximum atomic E-state index is 12.1. The number of amidine groups is 1. The minimum absolute atomic E-state index is 0.0950. The quantitative estimate of drug-likeness (QED) is 0.864. The number of nitrogens with zero attached hydrogens (tertiary/aromatic N) is 1. The normalized spacial score (nSPS) is 20.9. The molecule has 0 saturated heterocycles. The number of hydrogen-bond acceptors (Lipinski definition) is 3. The zero-order valence-corrected chi connectivity index (χ0v) is 13.0. The van der Waals surface area contributed by atoms with Crippen LogP contribution in [0.5, 0.6) is 5.75 Å². The smallest absolute Gasteiger partial charge is 0.275 e. The summed E-state index contributed by atoms with van der Waals surface area (Å²) in [6, 6.07) is 7.72. The summed E-state index contributed by atoms with van der Waals surface area (Å²) < 4.78 is 5.49.